The summed E-state index contributed by atoms with van der Waals surface area (Å²) in [5.41, 5.74) is 1.91. The highest BCUT2D eigenvalue weighted by Crippen LogP contribution is 2.27. The van der Waals surface area contributed by atoms with Crippen LogP contribution in [0.1, 0.15) is 12.5 Å². The molecule has 0 aliphatic rings. The number of nitrogens with one attached hydrogen (secondary N) is 1. The number of hydrogen-bond donors (Lipinski definition) is 1. The van der Waals surface area contributed by atoms with Gasteiger partial charge < -0.3 is 10.1 Å². The van der Waals surface area contributed by atoms with Crippen LogP contribution in [0.4, 0.5) is 0 Å². The number of hydrogen-bond acceptors (Lipinski definition) is 5. The zero-order chi connectivity index (χ0) is 20.6. The van der Waals surface area contributed by atoms with E-state index in [9.17, 15) is 4.79 Å². The number of para-hydroxylation sites is 1. The van der Waals surface area contributed by atoms with Gasteiger partial charge in [-0.25, -0.2) is 0 Å². The summed E-state index contributed by atoms with van der Waals surface area (Å²) >= 11 is 1.38. The summed E-state index contributed by atoms with van der Waals surface area (Å²) in [5, 5.41) is 12.0. The van der Waals surface area contributed by atoms with Crippen molar-refractivity contribution >= 4 is 17.7 Å². The number of carbonyl (C=O) groups is 1. The summed E-state index contributed by atoms with van der Waals surface area (Å²) in [6.07, 6.45) is 1.80. The number of carbonyl (C=O) groups excluding carboxylic acids is 1. The molecule has 6 nitrogen and oxygen atoms in total. The number of allylic oxidation sites excluding steroid dienone is 1. The first kappa shape index (κ1) is 20.7. The van der Waals surface area contributed by atoms with E-state index in [1.54, 1.807) is 13.2 Å². The van der Waals surface area contributed by atoms with Gasteiger partial charge in [0.05, 0.1) is 12.4 Å². The number of amides is 1. The molecule has 0 spiro atoms. The second-order valence-corrected chi connectivity index (χ2v) is 7.67. The number of benzene rings is 2. The Kier molecular flexibility index (Phi) is 7.08. The maximum atomic E-state index is 12.6. The fraction of sp³-hybridized carbons (Fsp3) is 0.227. The van der Waals surface area contributed by atoms with Gasteiger partial charge in [-0.1, -0.05) is 66.4 Å². The Balaban J connectivity index is 1.69. The predicted molar refractivity (Wildman–Crippen MR) is 116 cm³/mol. The number of rotatable bonds is 9. The first-order valence-electron chi connectivity index (χ1n) is 9.29. The molecule has 7 heteroatoms. The molecule has 1 heterocycles. The topological polar surface area (TPSA) is 69.0 Å². The van der Waals surface area contributed by atoms with E-state index >= 15 is 0 Å². The van der Waals surface area contributed by atoms with Crippen molar-refractivity contribution in [2.75, 3.05) is 7.11 Å². The zero-order valence-electron chi connectivity index (χ0n) is 16.5. The van der Waals surface area contributed by atoms with E-state index in [0.717, 1.165) is 22.7 Å². The molecular formula is C22H24N4O2S. The number of thioether (sulfide) groups is 1. The zero-order valence-corrected chi connectivity index (χ0v) is 17.4. The fourth-order valence-corrected chi connectivity index (χ4v) is 3.74. The number of ether oxygens (including phenoxy) is 1. The van der Waals surface area contributed by atoms with Crippen LogP contribution in [0, 0.1) is 0 Å². The molecule has 1 N–H and O–H groups in total. The van der Waals surface area contributed by atoms with E-state index in [4.69, 9.17) is 4.74 Å². The fourth-order valence-electron chi connectivity index (χ4n) is 2.86. The van der Waals surface area contributed by atoms with E-state index in [1.165, 1.54) is 11.8 Å². The predicted octanol–water partition coefficient (Wildman–Crippen LogP) is 3.94. The second kappa shape index (κ2) is 9.93. The summed E-state index contributed by atoms with van der Waals surface area (Å²) in [5.74, 6) is 1.44. The van der Waals surface area contributed by atoms with E-state index in [1.807, 2.05) is 66.1 Å². The van der Waals surface area contributed by atoms with Crippen molar-refractivity contribution in [1.29, 1.82) is 0 Å². The Morgan fingerprint density at radius 3 is 2.66 bits per heavy atom. The van der Waals surface area contributed by atoms with Gasteiger partial charge in [0.1, 0.15) is 5.75 Å². The third-order valence-corrected chi connectivity index (χ3v) is 5.44. The van der Waals surface area contributed by atoms with Crippen molar-refractivity contribution in [3.05, 3.63) is 72.8 Å². The number of nitrogens with zero attached hydrogens (tertiary/aromatic N) is 3. The lowest BCUT2D eigenvalue weighted by atomic mass is 10.2. The number of methoxy groups -OCH3 is 1. The highest BCUT2D eigenvalue weighted by molar-refractivity contribution is 8.00. The lowest BCUT2D eigenvalue weighted by Gasteiger charge is -2.14. The van der Waals surface area contributed by atoms with Gasteiger partial charge in [-0.05, 0) is 13.0 Å². The van der Waals surface area contributed by atoms with Crippen LogP contribution in [-0.2, 0) is 17.9 Å². The maximum absolute atomic E-state index is 12.6. The monoisotopic (exact) mass is 408 g/mol. The molecule has 0 radical (unpaired) electrons. The molecule has 29 heavy (non-hydrogen) atoms. The van der Waals surface area contributed by atoms with Gasteiger partial charge in [-0.3, -0.25) is 9.36 Å². The van der Waals surface area contributed by atoms with E-state index in [-0.39, 0.29) is 11.2 Å². The Labute approximate surface area is 175 Å². The smallest absolute Gasteiger partial charge is 0.233 e. The lowest BCUT2D eigenvalue weighted by Crippen LogP contribution is -2.30. The minimum absolute atomic E-state index is 0.0738. The average molecular weight is 409 g/mol. The Bertz CT molecular complexity index is 972. The van der Waals surface area contributed by atoms with Gasteiger partial charge in [0, 0.05) is 24.2 Å². The van der Waals surface area contributed by atoms with Crippen LogP contribution in [0.2, 0.25) is 0 Å². The quantitative estimate of drug-likeness (QED) is 0.429. The van der Waals surface area contributed by atoms with Crippen LogP contribution in [0.5, 0.6) is 5.75 Å². The Morgan fingerprint density at radius 2 is 1.93 bits per heavy atom. The van der Waals surface area contributed by atoms with E-state index in [2.05, 4.69) is 22.1 Å². The molecule has 0 unspecified atom stereocenters. The summed E-state index contributed by atoms with van der Waals surface area (Å²) in [6.45, 7) is 6.66. The average Bonchev–Trinajstić information content (AvgIpc) is 3.15. The molecule has 0 saturated carbocycles. The van der Waals surface area contributed by atoms with E-state index in [0.29, 0.717) is 18.2 Å². The molecule has 150 valence electrons. The largest absolute Gasteiger partial charge is 0.496 e. The molecule has 0 bridgehead atoms. The highest BCUT2D eigenvalue weighted by atomic mass is 32.2. The van der Waals surface area contributed by atoms with Crippen molar-refractivity contribution in [1.82, 2.24) is 20.1 Å². The van der Waals surface area contributed by atoms with Crippen LogP contribution < -0.4 is 10.1 Å². The number of aromatic nitrogens is 3. The van der Waals surface area contributed by atoms with Crippen LogP contribution in [0.25, 0.3) is 11.4 Å². The lowest BCUT2D eigenvalue weighted by molar-refractivity contribution is -0.120. The van der Waals surface area contributed by atoms with Crippen LogP contribution in [0.3, 0.4) is 0 Å². The minimum atomic E-state index is -0.332. The van der Waals surface area contributed by atoms with Crippen molar-refractivity contribution < 1.29 is 9.53 Å². The van der Waals surface area contributed by atoms with Gasteiger partial charge in [0.15, 0.2) is 11.0 Å². The molecule has 0 saturated heterocycles. The normalized spacial score (nSPS) is 11.7. The first-order chi connectivity index (χ1) is 14.1. The summed E-state index contributed by atoms with van der Waals surface area (Å²) in [4.78, 5) is 12.6. The molecule has 0 aliphatic heterocycles. The molecule has 3 rings (SSSR count). The molecule has 1 aromatic heterocycles. The van der Waals surface area contributed by atoms with Crippen LogP contribution in [-0.4, -0.2) is 33.0 Å². The van der Waals surface area contributed by atoms with Crippen molar-refractivity contribution in [2.24, 2.45) is 0 Å². The molecule has 1 atom stereocenters. The highest BCUT2D eigenvalue weighted by Gasteiger charge is 2.20. The Morgan fingerprint density at radius 1 is 1.21 bits per heavy atom. The summed E-state index contributed by atoms with van der Waals surface area (Å²) < 4.78 is 7.30. The third-order valence-electron chi connectivity index (χ3n) is 4.36. The van der Waals surface area contributed by atoms with Gasteiger partial charge in [-0.2, -0.15) is 0 Å². The van der Waals surface area contributed by atoms with Crippen LogP contribution in [0.15, 0.2) is 72.4 Å². The van der Waals surface area contributed by atoms with Crippen molar-refractivity contribution in [2.45, 2.75) is 30.4 Å². The summed E-state index contributed by atoms with van der Waals surface area (Å²) in [6, 6.07) is 17.5. The van der Waals surface area contributed by atoms with Gasteiger partial charge in [-0.15, -0.1) is 16.8 Å². The van der Waals surface area contributed by atoms with Gasteiger partial charge in [0.25, 0.3) is 0 Å². The maximum Gasteiger partial charge on any atom is 0.233 e. The molecule has 0 aliphatic carbocycles. The molecule has 3 aromatic rings. The SMILES string of the molecule is C=CCn1c(S[C@@H](C)C(=O)NCc2ccccc2OC)nnc1-c1ccccc1. The standard InChI is InChI=1S/C22H24N4O2S/c1-4-14-26-20(17-10-6-5-7-11-17)24-25-22(26)29-16(2)21(27)23-15-18-12-8-9-13-19(18)28-3/h4-13,16H,1,14-15H2,2-3H3,(H,23,27)/t16-/m0/s1. The van der Waals surface area contributed by atoms with Crippen molar-refractivity contribution in [3.8, 4) is 17.1 Å². The van der Waals surface area contributed by atoms with E-state index < -0.39 is 0 Å². The molecular weight excluding hydrogens is 384 g/mol. The molecule has 0 fully saturated rings. The van der Waals surface area contributed by atoms with Gasteiger partial charge in [0.2, 0.25) is 5.91 Å². The van der Waals surface area contributed by atoms with Crippen LogP contribution >= 0.6 is 11.8 Å². The summed E-state index contributed by atoms with van der Waals surface area (Å²) in [7, 11) is 1.62. The molecule has 2 aromatic carbocycles. The molecule has 1 amide bonds. The second-order valence-electron chi connectivity index (χ2n) is 6.36. The third kappa shape index (κ3) is 5.06. The minimum Gasteiger partial charge on any atom is -0.496 e. The van der Waals surface area contributed by atoms with Gasteiger partial charge >= 0.3 is 0 Å². The first-order valence-corrected chi connectivity index (χ1v) is 10.2. The Hall–Kier alpha value is -3.06. The van der Waals surface area contributed by atoms with Crippen molar-refractivity contribution in [3.63, 3.8) is 0 Å².